The lowest BCUT2D eigenvalue weighted by Gasteiger charge is -2.34. The molecule has 1 amide bonds. The number of para-hydroxylation sites is 2. The molecular formula is C21H27N3O4S. The quantitative estimate of drug-likeness (QED) is 0.809. The van der Waals surface area contributed by atoms with Crippen LogP contribution in [0.2, 0.25) is 0 Å². The zero-order valence-electron chi connectivity index (χ0n) is 17.1. The largest absolute Gasteiger partial charge is 0.376 e. The fourth-order valence-electron chi connectivity index (χ4n) is 3.44. The number of sulfonamides is 1. The maximum absolute atomic E-state index is 13.1. The second-order valence-corrected chi connectivity index (χ2v) is 9.41. The lowest BCUT2D eigenvalue weighted by molar-refractivity contribution is -0.0440. The van der Waals surface area contributed by atoms with Gasteiger partial charge in [0, 0.05) is 32.7 Å². The van der Waals surface area contributed by atoms with E-state index >= 15 is 0 Å². The lowest BCUT2D eigenvalue weighted by Crippen LogP contribution is -2.48. The predicted molar refractivity (Wildman–Crippen MR) is 114 cm³/mol. The van der Waals surface area contributed by atoms with E-state index in [-0.39, 0.29) is 28.6 Å². The van der Waals surface area contributed by atoms with Gasteiger partial charge < -0.3 is 15.0 Å². The van der Waals surface area contributed by atoms with Crippen LogP contribution in [0, 0.1) is 0 Å². The van der Waals surface area contributed by atoms with Gasteiger partial charge in [0.05, 0.1) is 28.5 Å². The number of anilines is 2. The second-order valence-electron chi connectivity index (χ2n) is 7.47. The zero-order chi connectivity index (χ0) is 21.2. The van der Waals surface area contributed by atoms with E-state index < -0.39 is 10.0 Å². The highest BCUT2D eigenvalue weighted by molar-refractivity contribution is 7.89. The summed E-state index contributed by atoms with van der Waals surface area (Å²) in [6.45, 7) is 4.28. The molecule has 0 unspecified atom stereocenters. The summed E-state index contributed by atoms with van der Waals surface area (Å²) >= 11 is 0. The zero-order valence-corrected chi connectivity index (χ0v) is 17.9. The van der Waals surface area contributed by atoms with E-state index in [1.54, 1.807) is 12.1 Å². The first-order valence-electron chi connectivity index (χ1n) is 9.52. The molecule has 0 spiro atoms. The van der Waals surface area contributed by atoms with Crippen LogP contribution in [0.15, 0.2) is 53.4 Å². The SMILES string of the molecule is C[C@H]1CN(S(=O)(=O)c2cccc(C(=O)Nc3ccccc3N(C)C)c2)C[C@H](C)O1. The Hall–Kier alpha value is -2.42. The summed E-state index contributed by atoms with van der Waals surface area (Å²) in [5.74, 6) is -0.361. The summed E-state index contributed by atoms with van der Waals surface area (Å²) in [6.07, 6.45) is -0.356. The van der Waals surface area contributed by atoms with E-state index in [4.69, 9.17) is 4.74 Å². The molecule has 3 rings (SSSR count). The number of ether oxygens (including phenoxy) is 1. The monoisotopic (exact) mass is 417 g/mol. The van der Waals surface area contributed by atoms with Gasteiger partial charge in [-0.05, 0) is 44.2 Å². The van der Waals surface area contributed by atoms with Gasteiger partial charge in [0.15, 0.2) is 0 Å². The fourth-order valence-corrected chi connectivity index (χ4v) is 5.07. The van der Waals surface area contributed by atoms with Crippen molar-refractivity contribution in [2.24, 2.45) is 0 Å². The van der Waals surface area contributed by atoms with E-state index in [1.165, 1.54) is 16.4 Å². The molecule has 2 aromatic rings. The van der Waals surface area contributed by atoms with E-state index in [0.29, 0.717) is 18.8 Å². The van der Waals surface area contributed by atoms with Crippen LogP contribution in [0.3, 0.4) is 0 Å². The summed E-state index contributed by atoms with van der Waals surface area (Å²) in [5.41, 5.74) is 1.81. The number of nitrogens with zero attached hydrogens (tertiary/aromatic N) is 2. The molecule has 0 aliphatic carbocycles. The highest BCUT2D eigenvalue weighted by atomic mass is 32.2. The molecule has 0 radical (unpaired) electrons. The normalized spacial score (nSPS) is 20.3. The van der Waals surface area contributed by atoms with Crippen molar-refractivity contribution in [3.63, 3.8) is 0 Å². The number of carbonyl (C=O) groups is 1. The molecule has 1 heterocycles. The van der Waals surface area contributed by atoms with Gasteiger partial charge in [0.2, 0.25) is 10.0 Å². The fraction of sp³-hybridized carbons (Fsp3) is 0.381. The average molecular weight is 418 g/mol. The Morgan fingerprint density at radius 2 is 1.72 bits per heavy atom. The molecule has 2 aromatic carbocycles. The summed E-state index contributed by atoms with van der Waals surface area (Å²) in [6, 6.07) is 13.6. The third-order valence-electron chi connectivity index (χ3n) is 4.75. The Labute approximate surface area is 172 Å². The van der Waals surface area contributed by atoms with Gasteiger partial charge in [0.1, 0.15) is 0 Å². The van der Waals surface area contributed by atoms with Crippen LogP contribution in [0.5, 0.6) is 0 Å². The Bertz CT molecular complexity index is 981. The molecule has 2 atom stereocenters. The Morgan fingerprint density at radius 1 is 1.07 bits per heavy atom. The van der Waals surface area contributed by atoms with Crippen LogP contribution < -0.4 is 10.2 Å². The van der Waals surface area contributed by atoms with E-state index in [9.17, 15) is 13.2 Å². The van der Waals surface area contributed by atoms with Crippen LogP contribution in [0.25, 0.3) is 0 Å². The topological polar surface area (TPSA) is 79.0 Å². The van der Waals surface area contributed by atoms with Gasteiger partial charge in [-0.25, -0.2) is 8.42 Å². The van der Waals surface area contributed by atoms with Crippen LogP contribution in [-0.2, 0) is 14.8 Å². The first-order chi connectivity index (χ1) is 13.7. The van der Waals surface area contributed by atoms with Crippen molar-refractivity contribution in [2.45, 2.75) is 31.0 Å². The summed E-state index contributed by atoms with van der Waals surface area (Å²) < 4.78 is 33.2. The predicted octanol–water partition coefficient (Wildman–Crippen LogP) is 2.80. The molecular weight excluding hydrogens is 390 g/mol. The highest BCUT2D eigenvalue weighted by Crippen LogP contribution is 2.25. The molecule has 7 nitrogen and oxygen atoms in total. The molecule has 156 valence electrons. The van der Waals surface area contributed by atoms with E-state index in [1.807, 2.05) is 57.1 Å². The second kappa shape index (κ2) is 8.52. The minimum atomic E-state index is -3.71. The van der Waals surface area contributed by atoms with E-state index in [0.717, 1.165) is 5.69 Å². The molecule has 1 saturated heterocycles. The smallest absolute Gasteiger partial charge is 0.255 e. The molecule has 0 saturated carbocycles. The van der Waals surface area contributed by atoms with Crippen LogP contribution >= 0.6 is 0 Å². The number of hydrogen-bond acceptors (Lipinski definition) is 5. The number of benzene rings is 2. The Balaban J connectivity index is 1.85. The average Bonchev–Trinajstić information content (AvgIpc) is 2.67. The molecule has 1 fully saturated rings. The van der Waals surface area contributed by atoms with Crippen molar-refractivity contribution in [1.82, 2.24) is 4.31 Å². The van der Waals surface area contributed by atoms with Crippen LogP contribution in [-0.4, -0.2) is 58.0 Å². The summed E-state index contributed by atoms with van der Waals surface area (Å²) in [5, 5.41) is 2.87. The van der Waals surface area contributed by atoms with Gasteiger partial charge in [-0.1, -0.05) is 18.2 Å². The molecule has 1 N–H and O–H groups in total. The minimum absolute atomic E-state index is 0.104. The Morgan fingerprint density at radius 3 is 2.38 bits per heavy atom. The first-order valence-corrected chi connectivity index (χ1v) is 11.0. The number of morpholine rings is 1. The molecule has 8 heteroatoms. The number of hydrogen-bond donors (Lipinski definition) is 1. The lowest BCUT2D eigenvalue weighted by atomic mass is 10.2. The van der Waals surface area contributed by atoms with Crippen LogP contribution in [0.1, 0.15) is 24.2 Å². The molecule has 0 bridgehead atoms. The standard InChI is InChI=1S/C21H27N3O4S/c1-15-13-24(14-16(2)28-15)29(26,27)18-9-7-8-17(12-18)21(25)22-19-10-5-6-11-20(19)23(3)4/h5-12,15-16H,13-14H2,1-4H3,(H,22,25)/t15-,16-/m0/s1. The number of carbonyl (C=O) groups excluding carboxylic acids is 1. The maximum atomic E-state index is 13.1. The first kappa shape index (κ1) is 21.3. The van der Waals surface area contributed by atoms with Gasteiger partial charge in [-0.15, -0.1) is 0 Å². The third-order valence-corrected chi connectivity index (χ3v) is 6.58. The van der Waals surface area contributed by atoms with Gasteiger partial charge >= 0.3 is 0 Å². The Kier molecular flexibility index (Phi) is 6.26. The summed E-state index contributed by atoms with van der Waals surface area (Å²) in [7, 11) is 0.0695. The highest BCUT2D eigenvalue weighted by Gasteiger charge is 2.32. The number of amides is 1. The van der Waals surface area contributed by atoms with Crippen molar-refractivity contribution in [3.05, 3.63) is 54.1 Å². The molecule has 1 aliphatic rings. The van der Waals surface area contributed by atoms with Gasteiger partial charge in [0.25, 0.3) is 5.91 Å². The van der Waals surface area contributed by atoms with Crippen molar-refractivity contribution >= 4 is 27.3 Å². The van der Waals surface area contributed by atoms with Crippen molar-refractivity contribution in [3.8, 4) is 0 Å². The third kappa shape index (κ3) is 4.77. The summed E-state index contributed by atoms with van der Waals surface area (Å²) in [4.78, 5) is 14.8. The number of nitrogens with one attached hydrogen (secondary N) is 1. The van der Waals surface area contributed by atoms with Gasteiger partial charge in [-0.3, -0.25) is 4.79 Å². The van der Waals surface area contributed by atoms with Gasteiger partial charge in [-0.2, -0.15) is 4.31 Å². The van der Waals surface area contributed by atoms with E-state index in [2.05, 4.69) is 5.32 Å². The van der Waals surface area contributed by atoms with Crippen molar-refractivity contribution < 1.29 is 17.9 Å². The number of rotatable bonds is 5. The maximum Gasteiger partial charge on any atom is 0.255 e. The molecule has 1 aliphatic heterocycles. The minimum Gasteiger partial charge on any atom is -0.376 e. The molecule has 0 aromatic heterocycles. The molecule has 29 heavy (non-hydrogen) atoms. The van der Waals surface area contributed by atoms with Crippen LogP contribution in [0.4, 0.5) is 11.4 Å². The van der Waals surface area contributed by atoms with Crippen molar-refractivity contribution in [1.29, 1.82) is 0 Å². The van der Waals surface area contributed by atoms with Crippen molar-refractivity contribution in [2.75, 3.05) is 37.4 Å².